The molecule has 0 atom stereocenters. The number of aromatic nitrogens is 2. The predicted molar refractivity (Wildman–Crippen MR) is 86.7 cm³/mol. The minimum Gasteiger partial charge on any atom is -0.358 e. The Kier molecular flexibility index (Phi) is 5.97. The maximum absolute atomic E-state index is 12.2. The summed E-state index contributed by atoms with van der Waals surface area (Å²) in [4.78, 5) is 27.4. The van der Waals surface area contributed by atoms with Crippen molar-refractivity contribution in [2.75, 3.05) is 33.7 Å². The number of nitrogens with one attached hydrogen (secondary N) is 2. The van der Waals surface area contributed by atoms with Crippen LogP contribution in [0.2, 0.25) is 0 Å². The van der Waals surface area contributed by atoms with E-state index in [-0.39, 0.29) is 18.0 Å². The van der Waals surface area contributed by atoms with Crippen LogP contribution in [0.25, 0.3) is 0 Å². The lowest BCUT2D eigenvalue weighted by Gasteiger charge is -2.32. The van der Waals surface area contributed by atoms with Crippen molar-refractivity contribution in [1.29, 1.82) is 0 Å². The van der Waals surface area contributed by atoms with Gasteiger partial charge in [-0.3, -0.25) is 14.4 Å². The van der Waals surface area contributed by atoms with Crippen LogP contribution in [0.5, 0.6) is 0 Å². The Balaban J connectivity index is 1.72. The standard InChI is InChI=1S/C15H26N6O2/c1-16-14(22)11-21-6-4-13(5-7-21)18-15(23)19(2)9-12-8-17-20(3)10-12/h8,10,13H,4-7,9,11H2,1-3H3,(H,16,22)(H,18,23). The summed E-state index contributed by atoms with van der Waals surface area (Å²) in [5, 5.41) is 9.80. The summed E-state index contributed by atoms with van der Waals surface area (Å²) >= 11 is 0. The van der Waals surface area contributed by atoms with Crippen LogP contribution >= 0.6 is 0 Å². The highest BCUT2D eigenvalue weighted by molar-refractivity contribution is 5.77. The number of urea groups is 1. The molecule has 0 spiro atoms. The van der Waals surface area contributed by atoms with Gasteiger partial charge in [-0.15, -0.1) is 0 Å². The van der Waals surface area contributed by atoms with Gasteiger partial charge >= 0.3 is 6.03 Å². The van der Waals surface area contributed by atoms with Gasteiger partial charge in [0.1, 0.15) is 0 Å². The molecule has 0 saturated carbocycles. The first kappa shape index (κ1) is 17.3. The Morgan fingerprint density at radius 3 is 2.65 bits per heavy atom. The highest BCUT2D eigenvalue weighted by atomic mass is 16.2. The molecule has 0 radical (unpaired) electrons. The lowest BCUT2D eigenvalue weighted by Crippen LogP contribution is -2.49. The maximum atomic E-state index is 12.2. The van der Waals surface area contributed by atoms with Gasteiger partial charge in [0.25, 0.3) is 0 Å². The molecular formula is C15H26N6O2. The Morgan fingerprint density at radius 1 is 1.39 bits per heavy atom. The van der Waals surface area contributed by atoms with Crippen molar-refractivity contribution >= 4 is 11.9 Å². The van der Waals surface area contributed by atoms with Crippen molar-refractivity contribution in [2.45, 2.75) is 25.4 Å². The first-order valence-electron chi connectivity index (χ1n) is 7.90. The SMILES string of the molecule is CNC(=O)CN1CCC(NC(=O)N(C)Cc2cnn(C)c2)CC1. The number of aryl methyl sites for hydroxylation is 1. The summed E-state index contributed by atoms with van der Waals surface area (Å²) in [5.41, 5.74) is 1.01. The number of likely N-dealkylation sites (tertiary alicyclic amines) is 1. The monoisotopic (exact) mass is 322 g/mol. The van der Waals surface area contributed by atoms with Gasteiger partial charge in [0.15, 0.2) is 0 Å². The molecule has 1 aliphatic rings. The van der Waals surface area contributed by atoms with Crippen LogP contribution in [0, 0.1) is 0 Å². The number of nitrogens with zero attached hydrogens (tertiary/aromatic N) is 4. The third kappa shape index (κ3) is 5.24. The summed E-state index contributed by atoms with van der Waals surface area (Å²) in [7, 11) is 5.28. The molecule has 1 saturated heterocycles. The molecular weight excluding hydrogens is 296 g/mol. The van der Waals surface area contributed by atoms with Crippen LogP contribution in [-0.4, -0.2) is 71.3 Å². The van der Waals surface area contributed by atoms with Gasteiger partial charge in [-0.2, -0.15) is 5.10 Å². The molecule has 0 unspecified atom stereocenters. The van der Waals surface area contributed by atoms with E-state index >= 15 is 0 Å². The molecule has 1 aromatic heterocycles. The summed E-state index contributed by atoms with van der Waals surface area (Å²) < 4.78 is 1.73. The van der Waals surface area contributed by atoms with Crippen LogP contribution in [0.1, 0.15) is 18.4 Å². The van der Waals surface area contributed by atoms with E-state index in [0.29, 0.717) is 13.1 Å². The zero-order valence-corrected chi connectivity index (χ0v) is 14.1. The van der Waals surface area contributed by atoms with Gasteiger partial charge in [0.05, 0.1) is 19.3 Å². The van der Waals surface area contributed by atoms with Crippen molar-refractivity contribution in [3.05, 3.63) is 18.0 Å². The minimum absolute atomic E-state index is 0.0312. The Labute approximate surface area is 136 Å². The van der Waals surface area contributed by atoms with Crippen LogP contribution in [0.15, 0.2) is 12.4 Å². The first-order valence-corrected chi connectivity index (χ1v) is 7.90. The highest BCUT2D eigenvalue weighted by Crippen LogP contribution is 2.11. The van der Waals surface area contributed by atoms with Crippen molar-refractivity contribution in [2.24, 2.45) is 7.05 Å². The van der Waals surface area contributed by atoms with E-state index in [1.807, 2.05) is 13.2 Å². The molecule has 1 aliphatic heterocycles. The second-order valence-electron chi connectivity index (χ2n) is 6.05. The molecule has 1 aromatic rings. The topological polar surface area (TPSA) is 82.5 Å². The quantitative estimate of drug-likeness (QED) is 0.785. The average molecular weight is 322 g/mol. The molecule has 0 aliphatic carbocycles. The van der Waals surface area contributed by atoms with Gasteiger partial charge in [-0.25, -0.2) is 4.79 Å². The summed E-state index contributed by atoms with van der Waals surface area (Å²) in [6, 6.07) is 0.0957. The molecule has 2 heterocycles. The van der Waals surface area contributed by atoms with Crippen molar-refractivity contribution in [1.82, 2.24) is 30.2 Å². The molecule has 2 N–H and O–H groups in total. The number of rotatable bonds is 5. The fourth-order valence-corrected chi connectivity index (χ4v) is 2.70. The van der Waals surface area contributed by atoms with E-state index in [0.717, 1.165) is 31.5 Å². The largest absolute Gasteiger partial charge is 0.358 e. The molecule has 1 fully saturated rings. The number of amides is 3. The van der Waals surface area contributed by atoms with Crippen LogP contribution in [0.3, 0.4) is 0 Å². The van der Waals surface area contributed by atoms with Crippen LogP contribution < -0.4 is 10.6 Å². The van der Waals surface area contributed by atoms with E-state index in [2.05, 4.69) is 20.6 Å². The number of piperidine rings is 1. The van der Waals surface area contributed by atoms with Crippen molar-refractivity contribution < 1.29 is 9.59 Å². The van der Waals surface area contributed by atoms with E-state index in [9.17, 15) is 9.59 Å². The van der Waals surface area contributed by atoms with Gasteiger partial charge in [0, 0.05) is 52.0 Å². The molecule has 8 heteroatoms. The van der Waals surface area contributed by atoms with E-state index in [4.69, 9.17) is 0 Å². The molecule has 0 aromatic carbocycles. The maximum Gasteiger partial charge on any atom is 0.317 e. The van der Waals surface area contributed by atoms with Crippen molar-refractivity contribution in [3.8, 4) is 0 Å². The van der Waals surface area contributed by atoms with Crippen LogP contribution in [-0.2, 0) is 18.4 Å². The third-order valence-electron chi connectivity index (χ3n) is 4.09. The molecule has 2 rings (SSSR count). The van der Waals surface area contributed by atoms with Crippen LogP contribution in [0.4, 0.5) is 4.79 Å². The third-order valence-corrected chi connectivity index (χ3v) is 4.09. The van der Waals surface area contributed by atoms with Gasteiger partial charge in [0.2, 0.25) is 5.91 Å². The Bertz CT molecular complexity index is 536. The number of carbonyl (C=O) groups excluding carboxylic acids is 2. The zero-order chi connectivity index (χ0) is 16.8. The number of hydrogen-bond donors (Lipinski definition) is 2. The van der Waals surface area contributed by atoms with E-state index in [1.165, 1.54) is 0 Å². The molecule has 23 heavy (non-hydrogen) atoms. The van der Waals surface area contributed by atoms with Gasteiger partial charge in [-0.1, -0.05) is 0 Å². The predicted octanol–water partition coefficient (Wildman–Crippen LogP) is -0.228. The summed E-state index contributed by atoms with van der Waals surface area (Å²) in [5.74, 6) is 0.0312. The van der Waals surface area contributed by atoms with E-state index < -0.39 is 0 Å². The highest BCUT2D eigenvalue weighted by Gasteiger charge is 2.23. The Morgan fingerprint density at radius 2 is 2.09 bits per heavy atom. The Hall–Kier alpha value is -2.09. The number of likely N-dealkylation sites (N-methyl/N-ethyl adjacent to an activating group) is 1. The van der Waals surface area contributed by atoms with Crippen molar-refractivity contribution in [3.63, 3.8) is 0 Å². The average Bonchev–Trinajstić information content (AvgIpc) is 2.94. The normalized spacial score (nSPS) is 16.1. The fourth-order valence-electron chi connectivity index (χ4n) is 2.70. The lowest BCUT2D eigenvalue weighted by molar-refractivity contribution is -0.122. The van der Waals surface area contributed by atoms with E-state index in [1.54, 1.807) is 29.9 Å². The minimum atomic E-state index is -0.0707. The smallest absolute Gasteiger partial charge is 0.317 e. The summed E-state index contributed by atoms with van der Waals surface area (Å²) in [6.07, 6.45) is 5.40. The second kappa shape index (κ2) is 7.96. The number of carbonyl (C=O) groups is 2. The summed E-state index contributed by atoms with van der Waals surface area (Å²) in [6.45, 7) is 2.61. The lowest BCUT2D eigenvalue weighted by atomic mass is 10.1. The van der Waals surface area contributed by atoms with Gasteiger partial charge < -0.3 is 15.5 Å². The zero-order valence-electron chi connectivity index (χ0n) is 14.1. The molecule has 128 valence electrons. The molecule has 0 bridgehead atoms. The molecule has 3 amide bonds. The molecule has 8 nitrogen and oxygen atoms in total. The van der Waals surface area contributed by atoms with Gasteiger partial charge in [-0.05, 0) is 12.8 Å². The number of hydrogen-bond acceptors (Lipinski definition) is 4. The first-order chi connectivity index (χ1) is 11.0. The fraction of sp³-hybridized carbons (Fsp3) is 0.667. The second-order valence-corrected chi connectivity index (χ2v) is 6.05.